The highest BCUT2D eigenvalue weighted by molar-refractivity contribution is 7.80. The van der Waals surface area contributed by atoms with Crippen LogP contribution in [0.15, 0.2) is 42.5 Å². The van der Waals surface area contributed by atoms with Gasteiger partial charge in [-0.2, -0.15) is 0 Å². The van der Waals surface area contributed by atoms with Crippen LogP contribution in [0.25, 0.3) is 0 Å². The van der Waals surface area contributed by atoms with E-state index in [0.29, 0.717) is 12.1 Å². The van der Waals surface area contributed by atoms with Gasteiger partial charge in [-0.3, -0.25) is 0 Å². The highest BCUT2D eigenvalue weighted by Crippen LogP contribution is 2.22. The molecule has 0 aliphatic carbocycles. The molecule has 104 valence electrons. The maximum absolute atomic E-state index is 13.3. The molecular weight excluding hydrogens is 271 g/mol. The largest absolute Gasteiger partial charge is 0.389 e. The molecule has 0 amide bonds. The lowest BCUT2D eigenvalue weighted by molar-refractivity contribution is 0.627. The summed E-state index contributed by atoms with van der Waals surface area (Å²) < 4.78 is 13.3. The number of benzene rings is 2. The molecule has 0 aliphatic rings. The Morgan fingerprint density at radius 3 is 2.65 bits per heavy atom. The van der Waals surface area contributed by atoms with E-state index in [1.807, 2.05) is 18.0 Å². The smallest absolute Gasteiger partial charge is 0.124 e. The van der Waals surface area contributed by atoms with Crippen molar-refractivity contribution in [3.8, 4) is 0 Å². The van der Waals surface area contributed by atoms with E-state index in [2.05, 4.69) is 25.1 Å². The van der Waals surface area contributed by atoms with Crippen LogP contribution in [0.2, 0.25) is 0 Å². The molecule has 0 spiro atoms. The molecule has 2 aromatic carbocycles. The fraction of sp³-hybridized carbons (Fsp3) is 0.188. The van der Waals surface area contributed by atoms with Crippen LogP contribution >= 0.6 is 12.2 Å². The number of nitrogens with two attached hydrogens (primary N) is 1. The van der Waals surface area contributed by atoms with Crippen molar-refractivity contribution in [2.24, 2.45) is 5.73 Å². The Bertz CT molecular complexity index is 640. The number of halogens is 1. The molecule has 0 atom stereocenters. The molecule has 0 radical (unpaired) electrons. The van der Waals surface area contributed by atoms with Gasteiger partial charge in [-0.15, -0.1) is 0 Å². The van der Waals surface area contributed by atoms with Crippen LogP contribution in [0.3, 0.4) is 0 Å². The highest BCUT2D eigenvalue weighted by Gasteiger charge is 2.11. The zero-order chi connectivity index (χ0) is 14.7. The average Bonchev–Trinajstić information content (AvgIpc) is 2.38. The monoisotopic (exact) mass is 288 g/mol. The van der Waals surface area contributed by atoms with E-state index < -0.39 is 0 Å². The number of hydrogen-bond acceptors (Lipinski definition) is 2. The normalized spacial score (nSPS) is 10.3. The summed E-state index contributed by atoms with van der Waals surface area (Å²) in [6.07, 6.45) is 0. The van der Waals surface area contributed by atoms with E-state index in [1.165, 1.54) is 23.3 Å². The molecule has 0 heterocycles. The molecule has 0 saturated heterocycles. The van der Waals surface area contributed by atoms with Gasteiger partial charge in [0.2, 0.25) is 0 Å². The summed E-state index contributed by atoms with van der Waals surface area (Å²) in [5.41, 5.74) is 9.47. The number of anilines is 1. The van der Waals surface area contributed by atoms with Gasteiger partial charge in [-0.05, 0) is 30.7 Å². The lowest BCUT2D eigenvalue weighted by atomic mass is 10.1. The van der Waals surface area contributed by atoms with Crippen LogP contribution < -0.4 is 10.6 Å². The molecule has 20 heavy (non-hydrogen) atoms. The van der Waals surface area contributed by atoms with Crippen LogP contribution in [-0.4, -0.2) is 12.0 Å². The van der Waals surface area contributed by atoms with Crippen LogP contribution in [0.4, 0.5) is 10.1 Å². The average molecular weight is 288 g/mol. The van der Waals surface area contributed by atoms with Gasteiger partial charge in [-0.1, -0.05) is 42.0 Å². The Labute approximate surface area is 124 Å². The van der Waals surface area contributed by atoms with E-state index in [1.54, 1.807) is 6.07 Å². The third-order valence-electron chi connectivity index (χ3n) is 3.14. The van der Waals surface area contributed by atoms with Crippen molar-refractivity contribution in [3.63, 3.8) is 0 Å². The van der Waals surface area contributed by atoms with Gasteiger partial charge in [0.25, 0.3) is 0 Å². The van der Waals surface area contributed by atoms with Crippen molar-refractivity contribution >= 4 is 22.9 Å². The molecule has 2 rings (SSSR count). The van der Waals surface area contributed by atoms with Gasteiger partial charge in [0.1, 0.15) is 10.8 Å². The summed E-state index contributed by atoms with van der Waals surface area (Å²) in [7, 11) is 1.94. The lowest BCUT2D eigenvalue weighted by Gasteiger charge is -2.22. The molecule has 2 nitrogen and oxygen atoms in total. The first-order valence-corrected chi connectivity index (χ1v) is 6.74. The minimum Gasteiger partial charge on any atom is -0.389 e. The van der Waals surface area contributed by atoms with E-state index in [9.17, 15) is 4.39 Å². The van der Waals surface area contributed by atoms with Crippen LogP contribution in [0, 0.1) is 12.7 Å². The number of nitrogens with zero attached hydrogens (tertiary/aromatic N) is 1. The molecule has 0 aromatic heterocycles. The second kappa shape index (κ2) is 6.01. The standard InChI is InChI=1S/C16H17FN2S/c1-11-4-3-5-12(8-11)10-19(2)15-7-6-13(17)9-14(15)16(18)20/h3-9H,10H2,1-2H3,(H2,18,20). The van der Waals surface area contributed by atoms with Crippen molar-refractivity contribution in [3.05, 3.63) is 65.0 Å². The Kier molecular flexibility index (Phi) is 4.35. The van der Waals surface area contributed by atoms with Crippen LogP contribution in [-0.2, 0) is 6.54 Å². The molecule has 0 aliphatic heterocycles. The van der Waals surface area contributed by atoms with Crippen molar-refractivity contribution in [2.75, 3.05) is 11.9 Å². The Hall–Kier alpha value is -1.94. The second-order valence-corrected chi connectivity index (χ2v) is 5.31. The molecule has 0 saturated carbocycles. The van der Waals surface area contributed by atoms with E-state index in [-0.39, 0.29) is 10.8 Å². The summed E-state index contributed by atoms with van der Waals surface area (Å²) in [4.78, 5) is 2.22. The summed E-state index contributed by atoms with van der Waals surface area (Å²) in [5, 5.41) is 0. The van der Waals surface area contributed by atoms with Crippen molar-refractivity contribution in [1.82, 2.24) is 0 Å². The van der Waals surface area contributed by atoms with Crippen molar-refractivity contribution < 1.29 is 4.39 Å². The van der Waals surface area contributed by atoms with Crippen molar-refractivity contribution in [2.45, 2.75) is 13.5 Å². The Balaban J connectivity index is 2.29. The highest BCUT2D eigenvalue weighted by atomic mass is 32.1. The fourth-order valence-corrected chi connectivity index (χ4v) is 2.37. The van der Waals surface area contributed by atoms with Crippen LogP contribution in [0.5, 0.6) is 0 Å². The summed E-state index contributed by atoms with van der Waals surface area (Å²) in [5.74, 6) is -0.333. The lowest BCUT2D eigenvalue weighted by Crippen LogP contribution is -2.21. The number of hydrogen-bond donors (Lipinski definition) is 1. The van der Waals surface area contributed by atoms with Gasteiger partial charge < -0.3 is 10.6 Å². The Morgan fingerprint density at radius 1 is 1.25 bits per heavy atom. The Morgan fingerprint density at radius 2 is 2.00 bits per heavy atom. The predicted octanol–water partition coefficient (Wildman–Crippen LogP) is 3.40. The van der Waals surface area contributed by atoms with E-state index >= 15 is 0 Å². The quantitative estimate of drug-likeness (QED) is 0.874. The first-order chi connectivity index (χ1) is 9.47. The zero-order valence-electron chi connectivity index (χ0n) is 11.6. The summed E-state index contributed by atoms with van der Waals surface area (Å²) >= 11 is 5.00. The molecule has 0 bridgehead atoms. The van der Waals surface area contributed by atoms with Crippen molar-refractivity contribution in [1.29, 1.82) is 0 Å². The molecule has 4 heteroatoms. The van der Waals surface area contributed by atoms with Gasteiger partial charge >= 0.3 is 0 Å². The molecule has 0 unspecified atom stereocenters. The third kappa shape index (κ3) is 3.33. The maximum atomic E-state index is 13.3. The number of rotatable bonds is 4. The van der Waals surface area contributed by atoms with Gasteiger partial charge in [0.05, 0.1) is 0 Å². The molecule has 2 aromatic rings. The zero-order valence-corrected chi connectivity index (χ0v) is 12.4. The predicted molar refractivity (Wildman–Crippen MR) is 85.6 cm³/mol. The third-order valence-corrected chi connectivity index (χ3v) is 3.36. The second-order valence-electron chi connectivity index (χ2n) is 4.87. The minimum absolute atomic E-state index is 0.204. The number of thiocarbonyl (C=S) groups is 1. The maximum Gasteiger partial charge on any atom is 0.124 e. The van der Waals surface area contributed by atoms with Crippen LogP contribution in [0.1, 0.15) is 16.7 Å². The van der Waals surface area contributed by atoms with E-state index in [4.69, 9.17) is 18.0 Å². The topological polar surface area (TPSA) is 29.3 Å². The van der Waals surface area contributed by atoms with Gasteiger partial charge in [0.15, 0.2) is 0 Å². The number of aryl methyl sites for hydroxylation is 1. The van der Waals surface area contributed by atoms with E-state index in [0.717, 1.165) is 5.69 Å². The molecule has 2 N–H and O–H groups in total. The first kappa shape index (κ1) is 14.5. The minimum atomic E-state index is -0.333. The fourth-order valence-electron chi connectivity index (χ4n) is 2.21. The SMILES string of the molecule is Cc1cccc(CN(C)c2ccc(F)cc2C(N)=S)c1. The van der Waals surface area contributed by atoms with Gasteiger partial charge in [0, 0.05) is 24.8 Å². The molecular formula is C16H17FN2S. The summed E-state index contributed by atoms with van der Waals surface area (Å²) in [6, 6.07) is 12.8. The molecule has 0 fully saturated rings. The van der Waals surface area contributed by atoms with Gasteiger partial charge in [-0.25, -0.2) is 4.39 Å². The summed E-state index contributed by atoms with van der Waals surface area (Å²) in [6.45, 7) is 2.77. The first-order valence-electron chi connectivity index (χ1n) is 6.33.